The molecule has 0 saturated carbocycles. The van der Waals surface area contributed by atoms with Gasteiger partial charge in [-0.05, 0) is 37.1 Å². The van der Waals surface area contributed by atoms with Crippen LogP contribution in [0.15, 0.2) is 18.2 Å². The average molecular weight is 283 g/mol. The fourth-order valence-corrected chi connectivity index (χ4v) is 1.97. The molecule has 4 nitrogen and oxygen atoms in total. The summed E-state index contributed by atoms with van der Waals surface area (Å²) in [6.45, 7) is 5.97. The van der Waals surface area contributed by atoms with Crippen LogP contribution < -0.4 is 5.32 Å². The van der Waals surface area contributed by atoms with Gasteiger partial charge >= 0.3 is 0 Å². The first-order chi connectivity index (χ1) is 8.93. The molecule has 0 fully saturated rings. The summed E-state index contributed by atoms with van der Waals surface area (Å²) in [5.41, 5.74) is 1.61. The number of carbonyl (C=O) groups is 2. The van der Waals surface area contributed by atoms with Crippen LogP contribution in [0, 0.1) is 6.92 Å². The van der Waals surface area contributed by atoms with E-state index in [1.165, 1.54) is 11.8 Å². The Balaban J connectivity index is 2.66. The van der Waals surface area contributed by atoms with E-state index in [4.69, 9.17) is 11.6 Å². The van der Waals surface area contributed by atoms with Crippen LogP contribution in [0.1, 0.15) is 25.8 Å². The second kappa shape index (κ2) is 7.14. The fraction of sp³-hybridized carbons (Fsp3) is 0.429. The van der Waals surface area contributed by atoms with Gasteiger partial charge in [0.05, 0.1) is 6.54 Å². The van der Waals surface area contributed by atoms with Crippen LogP contribution in [0.4, 0.5) is 5.69 Å². The van der Waals surface area contributed by atoms with Crippen molar-refractivity contribution >= 4 is 29.1 Å². The second-order valence-electron chi connectivity index (χ2n) is 4.45. The van der Waals surface area contributed by atoms with Crippen molar-refractivity contribution in [3.8, 4) is 0 Å². The Hall–Kier alpha value is -1.55. The highest BCUT2D eigenvalue weighted by Gasteiger charge is 2.13. The van der Waals surface area contributed by atoms with E-state index in [0.29, 0.717) is 11.6 Å². The molecule has 19 heavy (non-hydrogen) atoms. The van der Waals surface area contributed by atoms with Gasteiger partial charge in [-0.25, -0.2) is 0 Å². The fourth-order valence-electron chi connectivity index (χ4n) is 1.75. The summed E-state index contributed by atoms with van der Waals surface area (Å²) in [5, 5.41) is 3.42. The van der Waals surface area contributed by atoms with Crippen molar-refractivity contribution in [2.45, 2.75) is 27.2 Å². The minimum Gasteiger partial charge on any atom is -0.334 e. The molecule has 0 aliphatic rings. The molecule has 1 N–H and O–H groups in total. The molecule has 104 valence electrons. The first kappa shape index (κ1) is 15.5. The molecule has 0 heterocycles. The van der Waals surface area contributed by atoms with Gasteiger partial charge in [0.2, 0.25) is 11.8 Å². The molecule has 2 amide bonds. The molecule has 0 aromatic heterocycles. The highest BCUT2D eigenvalue weighted by Crippen LogP contribution is 2.19. The minimum atomic E-state index is -0.200. The van der Waals surface area contributed by atoms with E-state index >= 15 is 0 Å². The molecule has 5 heteroatoms. The molecule has 0 aliphatic heterocycles. The topological polar surface area (TPSA) is 49.4 Å². The number of aryl methyl sites for hydroxylation is 1. The Bertz CT molecular complexity index is 475. The number of nitrogens with zero attached hydrogens (tertiary/aromatic N) is 1. The molecule has 0 radical (unpaired) electrons. The number of anilines is 1. The van der Waals surface area contributed by atoms with Crippen LogP contribution >= 0.6 is 11.6 Å². The Morgan fingerprint density at radius 3 is 2.58 bits per heavy atom. The zero-order chi connectivity index (χ0) is 14.4. The third-order valence-electron chi connectivity index (χ3n) is 2.74. The van der Waals surface area contributed by atoms with Crippen molar-refractivity contribution in [2.75, 3.05) is 18.4 Å². The summed E-state index contributed by atoms with van der Waals surface area (Å²) < 4.78 is 0. The van der Waals surface area contributed by atoms with Crippen LogP contribution in [-0.2, 0) is 9.59 Å². The van der Waals surface area contributed by atoms with Crippen LogP contribution in [0.5, 0.6) is 0 Å². The van der Waals surface area contributed by atoms with E-state index in [9.17, 15) is 9.59 Å². The predicted octanol–water partition coefficient (Wildman–Crippen LogP) is 2.85. The molecular formula is C14H19ClN2O2. The summed E-state index contributed by atoms with van der Waals surface area (Å²) >= 11 is 5.86. The highest BCUT2D eigenvalue weighted by molar-refractivity contribution is 6.30. The van der Waals surface area contributed by atoms with E-state index in [2.05, 4.69) is 5.32 Å². The third kappa shape index (κ3) is 4.91. The molecule has 1 aromatic carbocycles. The van der Waals surface area contributed by atoms with E-state index in [-0.39, 0.29) is 18.4 Å². The number of hydrogen-bond acceptors (Lipinski definition) is 2. The van der Waals surface area contributed by atoms with Gasteiger partial charge in [0.1, 0.15) is 0 Å². The zero-order valence-electron chi connectivity index (χ0n) is 11.5. The predicted molar refractivity (Wildman–Crippen MR) is 77.4 cm³/mol. The van der Waals surface area contributed by atoms with Crippen LogP contribution in [0.2, 0.25) is 5.02 Å². The van der Waals surface area contributed by atoms with Gasteiger partial charge in [0.25, 0.3) is 0 Å². The lowest BCUT2D eigenvalue weighted by atomic mass is 10.2. The van der Waals surface area contributed by atoms with Crippen molar-refractivity contribution in [3.63, 3.8) is 0 Å². The smallest absolute Gasteiger partial charge is 0.244 e. The van der Waals surface area contributed by atoms with Crippen LogP contribution in [0.3, 0.4) is 0 Å². The van der Waals surface area contributed by atoms with Crippen molar-refractivity contribution in [3.05, 3.63) is 28.8 Å². The first-order valence-corrected chi connectivity index (χ1v) is 6.63. The van der Waals surface area contributed by atoms with Gasteiger partial charge in [-0.3, -0.25) is 9.59 Å². The number of benzene rings is 1. The first-order valence-electron chi connectivity index (χ1n) is 6.25. The van der Waals surface area contributed by atoms with Crippen LogP contribution in [0.25, 0.3) is 0 Å². The average Bonchev–Trinajstić information content (AvgIpc) is 2.32. The van der Waals surface area contributed by atoms with Gasteiger partial charge in [-0.2, -0.15) is 0 Å². The molecule has 0 saturated heterocycles. The van der Waals surface area contributed by atoms with Crippen LogP contribution in [-0.4, -0.2) is 29.8 Å². The summed E-state index contributed by atoms with van der Waals surface area (Å²) in [5.74, 6) is -0.293. The zero-order valence-corrected chi connectivity index (χ0v) is 12.3. The van der Waals surface area contributed by atoms with E-state index in [1.807, 2.05) is 13.8 Å². The van der Waals surface area contributed by atoms with Crippen molar-refractivity contribution in [1.82, 2.24) is 4.90 Å². The normalized spacial score (nSPS) is 10.1. The van der Waals surface area contributed by atoms with Gasteiger partial charge in [0.15, 0.2) is 0 Å². The molecule has 1 rings (SSSR count). The van der Waals surface area contributed by atoms with Gasteiger partial charge < -0.3 is 10.2 Å². The Morgan fingerprint density at radius 2 is 2.05 bits per heavy atom. The largest absolute Gasteiger partial charge is 0.334 e. The molecule has 1 aromatic rings. The lowest BCUT2D eigenvalue weighted by Crippen LogP contribution is -2.37. The Kier molecular flexibility index (Phi) is 5.83. The lowest BCUT2D eigenvalue weighted by Gasteiger charge is -2.20. The maximum Gasteiger partial charge on any atom is 0.244 e. The van der Waals surface area contributed by atoms with Gasteiger partial charge in [-0.1, -0.05) is 18.5 Å². The number of carbonyl (C=O) groups excluding carboxylic acids is 2. The van der Waals surface area contributed by atoms with Crippen molar-refractivity contribution in [2.24, 2.45) is 0 Å². The minimum absolute atomic E-state index is 0.0746. The number of rotatable bonds is 5. The summed E-state index contributed by atoms with van der Waals surface area (Å²) in [6.07, 6.45) is 0.826. The van der Waals surface area contributed by atoms with E-state index < -0.39 is 0 Å². The third-order valence-corrected chi connectivity index (χ3v) is 2.97. The highest BCUT2D eigenvalue weighted by atomic mass is 35.5. The second-order valence-corrected chi connectivity index (χ2v) is 4.88. The number of hydrogen-bond donors (Lipinski definition) is 1. The number of halogens is 1. The maximum absolute atomic E-state index is 11.9. The molecular weight excluding hydrogens is 264 g/mol. The Morgan fingerprint density at radius 1 is 1.37 bits per heavy atom. The summed E-state index contributed by atoms with van der Waals surface area (Å²) in [4.78, 5) is 24.8. The summed E-state index contributed by atoms with van der Waals surface area (Å²) in [7, 11) is 0. The molecule has 0 bridgehead atoms. The Labute approximate surface area is 118 Å². The van der Waals surface area contributed by atoms with Gasteiger partial charge in [0, 0.05) is 24.2 Å². The number of nitrogens with one attached hydrogen (secondary N) is 1. The molecule has 0 aliphatic carbocycles. The van der Waals surface area contributed by atoms with Crippen molar-refractivity contribution in [1.29, 1.82) is 0 Å². The van der Waals surface area contributed by atoms with E-state index in [0.717, 1.165) is 17.7 Å². The van der Waals surface area contributed by atoms with Crippen molar-refractivity contribution < 1.29 is 9.59 Å². The maximum atomic E-state index is 11.9. The molecule has 0 atom stereocenters. The molecule has 0 unspecified atom stereocenters. The quantitative estimate of drug-likeness (QED) is 0.903. The summed E-state index contributed by atoms with van der Waals surface area (Å²) in [6, 6.07) is 5.26. The monoisotopic (exact) mass is 282 g/mol. The molecule has 0 spiro atoms. The number of amides is 2. The standard InChI is InChI=1S/C14H19ClN2O2/c1-4-7-17(11(3)18)9-14(19)16-13-6-5-12(15)8-10(13)2/h5-6,8H,4,7,9H2,1-3H3,(H,16,19). The SMILES string of the molecule is CCCN(CC(=O)Nc1ccc(Cl)cc1C)C(C)=O. The lowest BCUT2D eigenvalue weighted by molar-refractivity contribution is -0.132. The van der Waals surface area contributed by atoms with E-state index in [1.54, 1.807) is 18.2 Å². The van der Waals surface area contributed by atoms with Gasteiger partial charge in [-0.15, -0.1) is 0 Å².